The van der Waals surface area contributed by atoms with Crippen LogP contribution in [0.3, 0.4) is 0 Å². The topological polar surface area (TPSA) is 50.5 Å². The molecule has 1 aromatic carbocycles. The second-order valence-electron chi connectivity index (χ2n) is 6.69. The number of benzene rings is 1. The SMILES string of the molecule is CC(C)c1ccc(C(C)N2N=C(c3cnn(C)c3)CCC2=O)cc1. The molecule has 0 bridgehead atoms. The van der Waals surface area contributed by atoms with Crippen LogP contribution in [0.4, 0.5) is 0 Å². The van der Waals surface area contributed by atoms with E-state index in [-0.39, 0.29) is 11.9 Å². The van der Waals surface area contributed by atoms with E-state index in [2.05, 4.69) is 48.3 Å². The van der Waals surface area contributed by atoms with Crippen molar-refractivity contribution in [2.24, 2.45) is 12.1 Å². The zero-order valence-corrected chi connectivity index (χ0v) is 14.7. The highest BCUT2D eigenvalue weighted by atomic mass is 16.2. The van der Waals surface area contributed by atoms with Gasteiger partial charge in [-0.15, -0.1) is 0 Å². The summed E-state index contributed by atoms with van der Waals surface area (Å²) in [5.41, 5.74) is 4.31. The number of hydrazone groups is 1. The molecule has 0 spiro atoms. The number of amides is 1. The lowest BCUT2D eigenvalue weighted by Crippen LogP contribution is -2.34. The molecule has 0 N–H and O–H groups in total. The zero-order valence-electron chi connectivity index (χ0n) is 14.7. The Labute approximate surface area is 143 Å². The highest BCUT2D eigenvalue weighted by molar-refractivity contribution is 6.03. The largest absolute Gasteiger partial charge is 0.275 e. The van der Waals surface area contributed by atoms with Gasteiger partial charge in [0.05, 0.1) is 18.0 Å². The minimum atomic E-state index is -0.0781. The fourth-order valence-electron chi connectivity index (χ4n) is 2.95. The molecule has 1 aliphatic rings. The molecule has 1 aliphatic heterocycles. The van der Waals surface area contributed by atoms with Crippen LogP contribution in [0.5, 0.6) is 0 Å². The van der Waals surface area contributed by atoms with Crippen LogP contribution in [0.25, 0.3) is 0 Å². The number of hydrogen-bond donors (Lipinski definition) is 0. The molecule has 1 amide bonds. The number of carbonyl (C=O) groups is 1. The average Bonchev–Trinajstić information content (AvgIpc) is 3.01. The van der Waals surface area contributed by atoms with Crippen LogP contribution in [-0.4, -0.2) is 26.4 Å². The molecule has 2 aromatic rings. The lowest BCUT2D eigenvalue weighted by atomic mass is 9.99. The van der Waals surface area contributed by atoms with Gasteiger partial charge in [0.2, 0.25) is 5.91 Å². The Hall–Kier alpha value is -2.43. The maximum absolute atomic E-state index is 12.4. The fraction of sp³-hybridized carbons (Fsp3) is 0.421. The Bertz CT molecular complexity index is 758. The Morgan fingerprint density at radius 1 is 1.04 bits per heavy atom. The first-order chi connectivity index (χ1) is 11.5. The maximum atomic E-state index is 12.4. The summed E-state index contributed by atoms with van der Waals surface area (Å²) in [5, 5.41) is 10.4. The van der Waals surface area contributed by atoms with Gasteiger partial charge in [-0.1, -0.05) is 38.1 Å². The van der Waals surface area contributed by atoms with Gasteiger partial charge in [0.25, 0.3) is 0 Å². The van der Waals surface area contributed by atoms with Crippen LogP contribution in [0.15, 0.2) is 41.8 Å². The van der Waals surface area contributed by atoms with Crippen LogP contribution in [-0.2, 0) is 11.8 Å². The molecule has 3 rings (SSSR count). The van der Waals surface area contributed by atoms with Crippen LogP contribution >= 0.6 is 0 Å². The third kappa shape index (κ3) is 3.25. The molecule has 5 nitrogen and oxygen atoms in total. The van der Waals surface area contributed by atoms with Gasteiger partial charge in [-0.25, -0.2) is 5.01 Å². The Balaban J connectivity index is 1.86. The molecule has 0 aliphatic carbocycles. The summed E-state index contributed by atoms with van der Waals surface area (Å²) in [5.74, 6) is 0.573. The Morgan fingerprint density at radius 3 is 2.29 bits per heavy atom. The third-order valence-corrected chi connectivity index (χ3v) is 4.55. The minimum absolute atomic E-state index is 0.0723. The number of aromatic nitrogens is 2. The summed E-state index contributed by atoms with van der Waals surface area (Å²) >= 11 is 0. The van der Waals surface area contributed by atoms with E-state index in [0.29, 0.717) is 18.8 Å². The van der Waals surface area contributed by atoms with Crippen LogP contribution < -0.4 is 0 Å². The van der Waals surface area contributed by atoms with Crippen LogP contribution in [0.1, 0.15) is 62.3 Å². The molecule has 0 saturated heterocycles. The van der Waals surface area contributed by atoms with Crippen molar-refractivity contribution in [3.05, 3.63) is 53.3 Å². The van der Waals surface area contributed by atoms with E-state index >= 15 is 0 Å². The molecule has 0 radical (unpaired) electrons. The van der Waals surface area contributed by atoms with Crippen LogP contribution in [0, 0.1) is 0 Å². The molecule has 1 aromatic heterocycles. The Morgan fingerprint density at radius 2 is 1.71 bits per heavy atom. The molecule has 24 heavy (non-hydrogen) atoms. The van der Waals surface area contributed by atoms with Gasteiger partial charge in [0.15, 0.2) is 0 Å². The summed E-state index contributed by atoms with van der Waals surface area (Å²) in [6.07, 6.45) is 4.89. The standard InChI is InChI=1S/C19H24N4O/c1-13(2)15-5-7-16(8-6-15)14(3)23-19(24)10-9-18(21-23)17-11-20-22(4)12-17/h5-8,11-14H,9-10H2,1-4H3. The molecule has 1 atom stereocenters. The molecular formula is C19H24N4O. The average molecular weight is 324 g/mol. The molecule has 0 fully saturated rings. The quantitative estimate of drug-likeness (QED) is 0.862. The van der Waals surface area contributed by atoms with Gasteiger partial charge < -0.3 is 0 Å². The second-order valence-corrected chi connectivity index (χ2v) is 6.69. The first kappa shape index (κ1) is 16.4. The Kier molecular flexibility index (Phi) is 4.51. The van der Waals surface area contributed by atoms with Gasteiger partial charge in [0.1, 0.15) is 0 Å². The highest BCUT2D eigenvalue weighted by Gasteiger charge is 2.26. The van der Waals surface area contributed by atoms with Crippen molar-refractivity contribution in [1.29, 1.82) is 0 Å². The first-order valence-corrected chi connectivity index (χ1v) is 8.44. The molecule has 1 unspecified atom stereocenters. The third-order valence-electron chi connectivity index (χ3n) is 4.55. The summed E-state index contributed by atoms with van der Waals surface area (Å²) < 4.78 is 1.76. The molecule has 2 heterocycles. The second kappa shape index (κ2) is 6.59. The van der Waals surface area contributed by atoms with E-state index in [1.54, 1.807) is 15.9 Å². The van der Waals surface area contributed by atoms with Crippen molar-refractivity contribution < 1.29 is 4.79 Å². The lowest BCUT2D eigenvalue weighted by Gasteiger charge is -2.29. The first-order valence-electron chi connectivity index (χ1n) is 8.44. The predicted octanol–water partition coefficient (Wildman–Crippen LogP) is 3.63. The smallest absolute Gasteiger partial charge is 0.243 e. The van der Waals surface area contributed by atoms with Crippen LogP contribution in [0.2, 0.25) is 0 Å². The predicted molar refractivity (Wildman–Crippen MR) is 94.8 cm³/mol. The van der Waals surface area contributed by atoms with Crippen molar-refractivity contribution in [1.82, 2.24) is 14.8 Å². The molecule has 5 heteroatoms. The van der Waals surface area contributed by atoms with E-state index in [1.807, 2.05) is 20.2 Å². The fourth-order valence-corrected chi connectivity index (χ4v) is 2.95. The van der Waals surface area contributed by atoms with E-state index in [1.165, 1.54) is 5.56 Å². The molecular weight excluding hydrogens is 300 g/mol. The van der Waals surface area contributed by atoms with Gasteiger partial charge in [-0.2, -0.15) is 10.2 Å². The monoisotopic (exact) mass is 324 g/mol. The van der Waals surface area contributed by atoms with Gasteiger partial charge in [0, 0.05) is 31.6 Å². The number of aryl methyl sites for hydroxylation is 1. The van der Waals surface area contributed by atoms with E-state index in [9.17, 15) is 4.79 Å². The normalized spacial score (nSPS) is 16.5. The van der Waals surface area contributed by atoms with E-state index in [0.717, 1.165) is 16.8 Å². The van der Waals surface area contributed by atoms with Crippen molar-refractivity contribution >= 4 is 11.6 Å². The summed E-state index contributed by atoms with van der Waals surface area (Å²) in [6, 6.07) is 8.39. The minimum Gasteiger partial charge on any atom is -0.275 e. The van der Waals surface area contributed by atoms with E-state index in [4.69, 9.17) is 0 Å². The zero-order chi connectivity index (χ0) is 17.3. The summed E-state index contributed by atoms with van der Waals surface area (Å²) in [4.78, 5) is 12.4. The summed E-state index contributed by atoms with van der Waals surface area (Å²) in [7, 11) is 1.88. The number of carbonyl (C=O) groups excluding carboxylic acids is 1. The molecule has 126 valence electrons. The lowest BCUT2D eigenvalue weighted by molar-refractivity contribution is -0.133. The number of nitrogens with zero attached hydrogens (tertiary/aromatic N) is 4. The number of hydrogen-bond acceptors (Lipinski definition) is 3. The van der Waals surface area contributed by atoms with Gasteiger partial charge >= 0.3 is 0 Å². The van der Waals surface area contributed by atoms with Crippen molar-refractivity contribution in [3.63, 3.8) is 0 Å². The number of rotatable bonds is 4. The van der Waals surface area contributed by atoms with E-state index < -0.39 is 0 Å². The molecule has 0 saturated carbocycles. The van der Waals surface area contributed by atoms with Crippen molar-refractivity contribution in [2.75, 3.05) is 0 Å². The highest BCUT2D eigenvalue weighted by Crippen LogP contribution is 2.27. The van der Waals surface area contributed by atoms with Gasteiger partial charge in [-0.05, 0) is 24.0 Å². The van der Waals surface area contributed by atoms with Crippen molar-refractivity contribution in [2.45, 2.75) is 45.6 Å². The van der Waals surface area contributed by atoms with Crippen molar-refractivity contribution in [3.8, 4) is 0 Å². The van der Waals surface area contributed by atoms with Gasteiger partial charge in [-0.3, -0.25) is 9.48 Å². The maximum Gasteiger partial charge on any atom is 0.243 e. The summed E-state index contributed by atoms with van der Waals surface area (Å²) in [6.45, 7) is 6.38.